The van der Waals surface area contributed by atoms with Gasteiger partial charge >= 0.3 is 184 Å². The molecule has 4 atom stereocenters. The predicted octanol–water partition coefficient (Wildman–Crippen LogP) is 3.60. The summed E-state index contributed by atoms with van der Waals surface area (Å²) in [5.41, 5.74) is 4.46. The summed E-state index contributed by atoms with van der Waals surface area (Å²) in [6.45, 7) is 45.8. The third-order valence-corrected chi connectivity index (χ3v) is 14.7. The van der Waals surface area contributed by atoms with Crippen molar-refractivity contribution < 1.29 is 293 Å². The number of rotatable bonds is 30. The average Bonchev–Trinajstić information content (AvgIpc) is 1.09. The topological polar surface area (TPSA) is 367 Å². The second-order valence-corrected chi connectivity index (χ2v) is 28.9. The zero-order valence-electron chi connectivity index (χ0n) is 68.3. The number of alkyl halides is 1. The van der Waals surface area contributed by atoms with Crippen molar-refractivity contribution in [3.8, 4) is 28.7 Å². The molecule has 3 aliphatic rings. The van der Waals surface area contributed by atoms with Crippen LogP contribution in [0.25, 0.3) is 0 Å². The Morgan fingerprint density at radius 1 is 0.624 bits per heavy atom. The first-order valence-corrected chi connectivity index (χ1v) is 37.5. The van der Waals surface area contributed by atoms with Crippen molar-refractivity contribution in [2.75, 3.05) is 84.1 Å². The molecule has 0 spiro atoms. The third kappa shape index (κ3) is 66.4. The largest absolute Gasteiger partial charge is 1.00 e. The smallest absolute Gasteiger partial charge is 1.00 e. The number of phenolic OH excluding ortho intramolecular Hbond substituents is 1. The van der Waals surface area contributed by atoms with E-state index in [1.165, 1.54) is 42.9 Å². The van der Waals surface area contributed by atoms with Gasteiger partial charge in [0.1, 0.15) is 47.6 Å². The fourth-order valence-electron chi connectivity index (χ4n) is 8.12. The van der Waals surface area contributed by atoms with Crippen molar-refractivity contribution in [1.82, 2.24) is 4.90 Å². The second kappa shape index (κ2) is 77.9. The van der Waals surface area contributed by atoms with E-state index in [4.69, 9.17) is 58.8 Å². The molecule has 7 N–H and O–H groups in total. The number of benzene rings is 5. The Bertz CT molecular complexity index is 3120. The Hall–Kier alpha value is -1.27. The summed E-state index contributed by atoms with van der Waals surface area (Å²) in [5.74, 6) is 3.78. The monoisotopic (exact) mass is 1720 g/mol. The molecule has 3 fully saturated rings. The molecule has 3 aliphatic heterocycles. The predicted molar refractivity (Wildman–Crippen MR) is 417 cm³/mol. The second-order valence-electron chi connectivity index (χ2n) is 25.0. The number of aliphatic hydroxyl groups excluding tert-OH is 2. The molecule has 8 rings (SSSR count). The Morgan fingerprint density at radius 2 is 0.917 bits per heavy atom. The van der Waals surface area contributed by atoms with Gasteiger partial charge in [-0.05, 0) is 147 Å². The first-order chi connectivity index (χ1) is 48.9. The molecular weight excluding hydrogens is 1600 g/mol. The Balaban J connectivity index is -0.000000130. The van der Waals surface area contributed by atoms with Gasteiger partial charge in [0.2, 0.25) is 9.05 Å². The number of phenols is 1. The fraction of sp³-hybridized carbons (Fsp3) is 0.468. The number of aldehydes is 3. The molecule has 4 unspecified atom stereocenters. The average molecular weight is 1720 g/mol. The van der Waals surface area contributed by atoms with Crippen molar-refractivity contribution in [1.29, 1.82) is 0 Å². The number of halogens is 2. The molecular formula is C79H119BrClK3NNaO22S. The van der Waals surface area contributed by atoms with E-state index >= 15 is 0 Å². The van der Waals surface area contributed by atoms with Crippen LogP contribution < -0.4 is 208 Å². The summed E-state index contributed by atoms with van der Waals surface area (Å²) in [6, 6.07) is 36.9. The van der Waals surface area contributed by atoms with Gasteiger partial charge in [-0.2, -0.15) is 0 Å². The van der Waals surface area contributed by atoms with E-state index in [1.54, 1.807) is 42.5 Å². The van der Waals surface area contributed by atoms with Crippen LogP contribution in [0.1, 0.15) is 165 Å². The number of nitrogens with zero attached hydrogens (tertiary/aromatic N) is 1. The molecule has 3 heterocycles. The van der Waals surface area contributed by atoms with E-state index in [1.807, 2.05) is 94.5 Å². The van der Waals surface area contributed by atoms with Crippen LogP contribution in [-0.4, -0.2) is 166 Å². The summed E-state index contributed by atoms with van der Waals surface area (Å²) in [6.07, 6.45) is 15.5. The van der Waals surface area contributed by atoms with E-state index in [-0.39, 0.29) is 244 Å². The van der Waals surface area contributed by atoms with Crippen LogP contribution in [0, 0.1) is 22.2 Å². The number of hydrogen-bond donors (Lipinski definition) is 5. The molecule has 0 bridgehead atoms. The normalized spacial score (nSPS) is 14.3. The van der Waals surface area contributed by atoms with Gasteiger partial charge in [0.05, 0.1) is 83.5 Å². The van der Waals surface area contributed by atoms with Crippen molar-refractivity contribution in [2.45, 2.75) is 133 Å². The van der Waals surface area contributed by atoms with Crippen LogP contribution >= 0.6 is 26.6 Å². The fourth-order valence-corrected chi connectivity index (χ4v) is 8.45. The molecule has 0 saturated carbocycles. The van der Waals surface area contributed by atoms with Crippen LogP contribution in [0.5, 0.6) is 28.7 Å². The number of aromatic hydroxyl groups is 1. The minimum Gasteiger partial charge on any atom is -1.00 e. The molecule has 5 aromatic carbocycles. The van der Waals surface area contributed by atoms with E-state index in [0.29, 0.717) is 37.1 Å². The van der Waals surface area contributed by atoms with Gasteiger partial charge in [-0.25, -0.2) is 8.42 Å². The maximum Gasteiger partial charge on any atom is 1.00 e. The Morgan fingerprint density at radius 3 is 1.13 bits per heavy atom. The summed E-state index contributed by atoms with van der Waals surface area (Å²) in [5, 5.41) is 49.6. The first-order valence-electron chi connectivity index (χ1n) is 33.7. The summed E-state index contributed by atoms with van der Waals surface area (Å²) < 4.78 is 57.3. The zero-order chi connectivity index (χ0) is 78.7. The maximum absolute atomic E-state index is 10.3. The van der Waals surface area contributed by atoms with Crippen LogP contribution in [0.2, 0.25) is 0 Å². The number of carbonyl (C=O) groups excluding carboxylic acids is 4. The van der Waals surface area contributed by atoms with Gasteiger partial charge < -0.3 is 80.7 Å². The number of ether oxygens (including phenoxy) is 7. The minimum atomic E-state index is -3.19. The summed E-state index contributed by atoms with van der Waals surface area (Å²) in [4.78, 5) is 43.5. The van der Waals surface area contributed by atoms with E-state index in [9.17, 15) is 33.0 Å². The number of hydrogen-bond acceptors (Lipinski definition) is 23. The number of allylic oxidation sites excluding steroid dienone is 1. The van der Waals surface area contributed by atoms with Gasteiger partial charge in [0.25, 0.3) is 6.47 Å². The third-order valence-electron chi connectivity index (χ3n) is 14.3. The molecule has 109 heavy (non-hydrogen) atoms. The van der Waals surface area contributed by atoms with Crippen LogP contribution in [0.3, 0.4) is 0 Å². The Labute approximate surface area is 814 Å². The van der Waals surface area contributed by atoms with E-state index in [0.717, 1.165) is 118 Å². The maximum atomic E-state index is 10.3. The Kier molecular flexibility index (Phi) is 90.0. The SMILES string of the molecule is C=CCCBr.C=CCCOc1ccc(C(O)C(C)(C)CO)cc1.C=CCCOc1ccc(C2OCC2(C)C)cc1.C=CCCOc1ccc(C=O)cc1.CC(C)C=O.CC1(C)COC1c1ccc(OCCC2CO2)cc1.CCN(CC)CC.CS(=O)(=O)Cl.O=CO[O-].O=Cc1ccc(O)cc1.OO.[H-].[K+].[K+].[K+].[Na+].[OH-].[OH-]. The number of aliphatic hydroxyl groups is 2. The van der Waals surface area contributed by atoms with Gasteiger partial charge in [0, 0.05) is 55.7 Å². The molecule has 0 amide bonds. The molecule has 0 aromatic heterocycles. The van der Waals surface area contributed by atoms with Crippen LogP contribution in [0.4, 0.5) is 0 Å². The number of epoxide rings is 1. The molecule has 3 saturated heterocycles. The molecule has 30 heteroatoms. The molecule has 23 nitrogen and oxygen atoms in total. The zero-order valence-corrected chi connectivity index (χ0v) is 81.8. The molecule has 0 radical (unpaired) electrons. The van der Waals surface area contributed by atoms with E-state index < -0.39 is 20.6 Å². The van der Waals surface area contributed by atoms with Crippen molar-refractivity contribution in [2.24, 2.45) is 22.2 Å². The van der Waals surface area contributed by atoms with Gasteiger partial charge in [0.15, 0.2) is 0 Å². The van der Waals surface area contributed by atoms with Crippen molar-refractivity contribution in [3.63, 3.8) is 0 Å². The van der Waals surface area contributed by atoms with Gasteiger partial charge in [-0.3, -0.25) is 24.9 Å². The first kappa shape index (κ1) is 126. The minimum absolute atomic E-state index is 0. The quantitative estimate of drug-likeness (QED) is 0.00504. The molecule has 596 valence electrons. The van der Waals surface area contributed by atoms with Gasteiger partial charge in [-0.15, -0.1) is 26.3 Å². The van der Waals surface area contributed by atoms with Crippen molar-refractivity contribution in [3.05, 3.63) is 200 Å². The van der Waals surface area contributed by atoms with Crippen LogP contribution in [-0.2, 0) is 37.7 Å². The number of carbonyl (C=O) groups is 4. The molecule has 0 aliphatic carbocycles. The summed E-state index contributed by atoms with van der Waals surface area (Å²) >= 11 is 3.24. The van der Waals surface area contributed by atoms with E-state index in [2.05, 4.69) is 135 Å². The van der Waals surface area contributed by atoms with Gasteiger partial charge in [-0.1, -0.05) is 153 Å². The van der Waals surface area contributed by atoms with Crippen molar-refractivity contribution >= 4 is 61.0 Å². The summed E-state index contributed by atoms with van der Waals surface area (Å²) in [7, 11) is 1.31. The van der Waals surface area contributed by atoms with Crippen LogP contribution in [0.15, 0.2) is 172 Å². The molecule has 5 aromatic rings. The standard InChI is InChI=1S/C15H20O3.C15H22O3.C15H20O2.C11H12O2.C7H6O2.C6H15N.C4H7Br.C4H8O.CH3ClO2S.CH2O3.3K.Na.H2O2.2H2O.H/c1-15(2)10-18-14(15)11-3-5-12(6-4-11)16-8-7-13-9-17-13;1-4-5-10-18-13-8-6-12(7-9-13)14(17)15(2,3)11-16;1-4-5-10-16-13-8-6-12(7-9-13)14-15(2,3)11-17-14;1-2-3-8-13-11-6-4-10(9-12)5-7-11;8-5-6-1-3-7(9)4-2-6;1-4-7(5-2)6-3;1-2-3-4-5;1-4(2)3-5;1-5(2,3)4;2-1-4-3;;;;;1-2;;;/h3-6,13-14H,7-10H2,1-2H3;4,6-9,14,16-17H,1,5,10-11H2,2-3H3;4,6-9,14H,1,5,10-11H2,2-3H3;2,4-7,9H,1,3,8H2;1-5,9H;4-6H2,1-3H3;2H,1,3-4H2;3-4H,1-2H3;1H3;1,3H;;;;;1-2H;2*1H2;/q;;;;;;;;;;4*+1;;;;-1/p-3.